The van der Waals surface area contributed by atoms with Crippen molar-refractivity contribution in [3.63, 3.8) is 0 Å². The topological polar surface area (TPSA) is 60.5 Å². The normalized spacial score (nSPS) is 14.8. The standard InChI is InChI=1S/C18H11FN2O3/c19-10-3-1-9(2-4-10)14-11-7-20-18(22)16(11)21-12-5-6-13-17(15(12)14)24-8-23-13/h1-6H,7-8H2,(H,20,22). The highest BCUT2D eigenvalue weighted by atomic mass is 19.1. The van der Waals surface area contributed by atoms with Gasteiger partial charge in [-0.25, -0.2) is 9.37 Å². The van der Waals surface area contributed by atoms with Gasteiger partial charge in [0.15, 0.2) is 11.5 Å². The molecule has 2 aliphatic rings. The summed E-state index contributed by atoms with van der Waals surface area (Å²) in [7, 11) is 0. The molecule has 0 unspecified atom stereocenters. The van der Waals surface area contributed by atoms with Crippen LogP contribution in [-0.4, -0.2) is 17.7 Å². The van der Waals surface area contributed by atoms with Crippen molar-refractivity contribution < 1.29 is 18.7 Å². The van der Waals surface area contributed by atoms with Crippen molar-refractivity contribution in [2.24, 2.45) is 0 Å². The first-order valence-electron chi connectivity index (χ1n) is 7.52. The van der Waals surface area contributed by atoms with E-state index < -0.39 is 0 Å². The number of hydrogen-bond acceptors (Lipinski definition) is 4. The van der Waals surface area contributed by atoms with Crippen LogP contribution in [0.15, 0.2) is 36.4 Å². The van der Waals surface area contributed by atoms with E-state index in [1.165, 1.54) is 12.1 Å². The third-order valence-corrected chi connectivity index (χ3v) is 4.36. The van der Waals surface area contributed by atoms with Crippen LogP contribution < -0.4 is 14.8 Å². The number of carbonyl (C=O) groups excluding carboxylic acids is 1. The van der Waals surface area contributed by atoms with E-state index >= 15 is 0 Å². The molecule has 5 rings (SSSR count). The van der Waals surface area contributed by atoms with Gasteiger partial charge in [-0.15, -0.1) is 0 Å². The van der Waals surface area contributed by atoms with Gasteiger partial charge in [-0.3, -0.25) is 4.79 Å². The maximum atomic E-state index is 13.3. The van der Waals surface area contributed by atoms with E-state index in [4.69, 9.17) is 9.47 Å². The first-order valence-corrected chi connectivity index (χ1v) is 7.52. The monoisotopic (exact) mass is 322 g/mol. The number of ether oxygens (including phenoxy) is 2. The minimum Gasteiger partial charge on any atom is -0.454 e. The summed E-state index contributed by atoms with van der Waals surface area (Å²) in [5, 5.41) is 3.59. The Morgan fingerprint density at radius 1 is 1.08 bits per heavy atom. The smallest absolute Gasteiger partial charge is 0.270 e. The van der Waals surface area contributed by atoms with Gasteiger partial charge in [-0.1, -0.05) is 12.1 Å². The molecule has 0 saturated carbocycles. The lowest BCUT2D eigenvalue weighted by molar-refractivity contribution is 0.0962. The van der Waals surface area contributed by atoms with Crippen LogP contribution in [0.25, 0.3) is 22.0 Å². The molecule has 0 fully saturated rings. The molecule has 6 heteroatoms. The second-order valence-corrected chi connectivity index (χ2v) is 5.70. The minimum atomic E-state index is -0.312. The molecule has 3 aromatic rings. The largest absolute Gasteiger partial charge is 0.454 e. The fraction of sp³-hybridized carbons (Fsp3) is 0.111. The van der Waals surface area contributed by atoms with Gasteiger partial charge in [0.1, 0.15) is 11.5 Å². The van der Waals surface area contributed by atoms with Crippen LogP contribution in [0.2, 0.25) is 0 Å². The lowest BCUT2D eigenvalue weighted by Crippen LogP contribution is -2.13. The van der Waals surface area contributed by atoms with Gasteiger partial charge in [0, 0.05) is 17.7 Å². The maximum Gasteiger partial charge on any atom is 0.270 e. The summed E-state index contributed by atoms with van der Waals surface area (Å²) in [6.07, 6.45) is 0. The average Bonchev–Trinajstić information content (AvgIpc) is 3.21. The van der Waals surface area contributed by atoms with Crippen LogP contribution in [0.1, 0.15) is 16.1 Å². The molecule has 3 heterocycles. The Labute approximate surface area is 136 Å². The Morgan fingerprint density at radius 3 is 2.75 bits per heavy atom. The third-order valence-electron chi connectivity index (χ3n) is 4.36. The number of fused-ring (bicyclic) bond motifs is 4. The van der Waals surface area contributed by atoms with Gasteiger partial charge in [0.05, 0.1) is 10.9 Å². The number of nitrogens with one attached hydrogen (secondary N) is 1. The highest BCUT2D eigenvalue weighted by Crippen LogP contribution is 2.45. The van der Waals surface area contributed by atoms with E-state index in [9.17, 15) is 9.18 Å². The molecule has 1 aromatic heterocycles. The minimum absolute atomic E-state index is 0.144. The van der Waals surface area contributed by atoms with E-state index in [0.29, 0.717) is 29.3 Å². The Bertz CT molecular complexity index is 1020. The van der Waals surface area contributed by atoms with Crippen molar-refractivity contribution in [3.05, 3.63) is 53.5 Å². The quantitative estimate of drug-likeness (QED) is 0.748. The molecule has 1 amide bonds. The molecule has 0 spiro atoms. The summed E-state index contributed by atoms with van der Waals surface area (Å²) in [4.78, 5) is 16.6. The van der Waals surface area contributed by atoms with Crippen LogP contribution in [0.4, 0.5) is 4.39 Å². The van der Waals surface area contributed by atoms with Gasteiger partial charge in [-0.2, -0.15) is 0 Å². The van der Waals surface area contributed by atoms with E-state index in [1.807, 2.05) is 6.07 Å². The third kappa shape index (κ3) is 1.73. The van der Waals surface area contributed by atoms with Crippen molar-refractivity contribution in [2.75, 3.05) is 6.79 Å². The fourth-order valence-corrected chi connectivity index (χ4v) is 3.30. The highest BCUT2D eigenvalue weighted by Gasteiger charge is 2.29. The second-order valence-electron chi connectivity index (χ2n) is 5.70. The van der Waals surface area contributed by atoms with Gasteiger partial charge >= 0.3 is 0 Å². The lowest BCUT2D eigenvalue weighted by Gasteiger charge is -2.13. The molecule has 2 aliphatic heterocycles. The molecular weight excluding hydrogens is 311 g/mol. The predicted octanol–water partition coefficient (Wildman–Crippen LogP) is 3.01. The van der Waals surface area contributed by atoms with Gasteiger partial charge in [0.25, 0.3) is 5.91 Å². The number of rotatable bonds is 1. The first-order chi connectivity index (χ1) is 11.7. The number of amides is 1. The summed E-state index contributed by atoms with van der Waals surface area (Å²) in [6.45, 7) is 0.528. The van der Waals surface area contributed by atoms with Gasteiger partial charge in [-0.05, 0) is 29.8 Å². The van der Waals surface area contributed by atoms with Crippen LogP contribution in [0.3, 0.4) is 0 Å². The molecule has 0 atom stereocenters. The SMILES string of the molecule is O=C1NCc2c1nc1ccc3c(c1c2-c1ccc(F)cc1)OCO3. The fourth-order valence-electron chi connectivity index (χ4n) is 3.30. The molecule has 0 radical (unpaired) electrons. The Morgan fingerprint density at radius 2 is 1.92 bits per heavy atom. The van der Waals surface area contributed by atoms with Crippen molar-refractivity contribution in [1.29, 1.82) is 0 Å². The number of halogens is 1. The van der Waals surface area contributed by atoms with Gasteiger partial charge < -0.3 is 14.8 Å². The van der Waals surface area contributed by atoms with Crippen LogP contribution in [-0.2, 0) is 6.54 Å². The average molecular weight is 322 g/mol. The number of carbonyl (C=O) groups is 1. The molecule has 1 N–H and O–H groups in total. The molecule has 5 nitrogen and oxygen atoms in total. The van der Waals surface area contributed by atoms with Crippen molar-refractivity contribution in [3.8, 4) is 22.6 Å². The Kier molecular flexibility index (Phi) is 2.59. The summed E-state index contributed by atoms with van der Waals surface area (Å²) in [5.41, 5.74) is 3.48. The summed E-state index contributed by atoms with van der Waals surface area (Å²) < 4.78 is 24.5. The maximum absolute atomic E-state index is 13.3. The van der Waals surface area contributed by atoms with E-state index in [1.54, 1.807) is 18.2 Å². The molecule has 0 aliphatic carbocycles. The molecule has 0 saturated heterocycles. The zero-order valence-corrected chi connectivity index (χ0v) is 12.4. The zero-order valence-electron chi connectivity index (χ0n) is 12.4. The van der Waals surface area contributed by atoms with E-state index in [2.05, 4.69) is 10.3 Å². The summed E-state index contributed by atoms with van der Waals surface area (Å²) in [5.74, 6) is 0.743. The van der Waals surface area contributed by atoms with Crippen LogP contribution >= 0.6 is 0 Å². The lowest BCUT2D eigenvalue weighted by atomic mass is 9.94. The van der Waals surface area contributed by atoms with E-state index in [0.717, 1.165) is 22.1 Å². The number of pyridine rings is 1. The number of nitrogens with zero attached hydrogens (tertiary/aromatic N) is 1. The summed E-state index contributed by atoms with van der Waals surface area (Å²) in [6, 6.07) is 9.79. The van der Waals surface area contributed by atoms with Gasteiger partial charge in [0.2, 0.25) is 6.79 Å². The van der Waals surface area contributed by atoms with Crippen molar-refractivity contribution >= 4 is 16.8 Å². The summed E-state index contributed by atoms with van der Waals surface area (Å²) >= 11 is 0. The van der Waals surface area contributed by atoms with Crippen molar-refractivity contribution in [2.45, 2.75) is 6.54 Å². The molecule has 0 bridgehead atoms. The molecule has 118 valence electrons. The number of aromatic nitrogens is 1. The number of hydrogen-bond donors (Lipinski definition) is 1. The molecule has 2 aromatic carbocycles. The second kappa shape index (κ2) is 4.67. The number of benzene rings is 2. The molecule has 24 heavy (non-hydrogen) atoms. The van der Waals surface area contributed by atoms with E-state index in [-0.39, 0.29) is 18.5 Å². The predicted molar refractivity (Wildman–Crippen MR) is 84.4 cm³/mol. The Hall–Kier alpha value is -3.15. The zero-order chi connectivity index (χ0) is 16.3. The highest BCUT2D eigenvalue weighted by molar-refractivity contribution is 6.08. The molecular formula is C18H11FN2O3. The van der Waals surface area contributed by atoms with Crippen molar-refractivity contribution in [1.82, 2.24) is 10.3 Å². The first kappa shape index (κ1) is 13.3. The van der Waals surface area contributed by atoms with Crippen LogP contribution in [0.5, 0.6) is 11.5 Å². The van der Waals surface area contributed by atoms with Crippen LogP contribution in [0, 0.1) is 5.82 Å². The Balaban J connectivity index is 1.93.